The number of H-pyrrole nitrogens is 1. The average molecular weight is 183 g/mol. The van der Waals surface area contributed by atoms with Gasteiger partial charge in [-0.15, -0.1) is 0 Å². The fraction of sp³-hybridized carbons (Fsp3) is 0. The predicted molar refractivity (Wildman–Crippen MR) is 38.4 cm³/mol. The molecule has 1 aromatic heterocycles. The van der Waals surface area contributed by atoms with Crippen LogP contribution in [0.15, 0.2) is 16.2 Å². The maximum Gasteiger partial charge on any atom is 0.314 e. The van der Waals surface area contributed by atoms with Gasteiger partial charge < -0.3 is 9.79 Å². The van der Waals surface area contributed by atoms with Crippen LogP contribution in [-0.2, 0) is 4.57 Å². The third-order valence-electron chi connectivity index (χ3n) is 0.447. The largest absolute Gasteiger partial charge is 0.326 e. The summed E-state index contributed by atoms with van der Waals surface area (Å²) in [6, 6.07) is 1.49. The van der Waals surface area contributed by atoms with Gasteiger partial charge in [0.15, 0.2) is 0 Å². The van der Waals surface area contributed by atoms with Crippen LogP contribution in [0.25, 0.3) is 0 Å². The van der Waals surface area contributed by atoms with E-state index in [1.165, 1.54) is 17.6 Å². The molecule has 1 rings (SSSR count). The number of hydrogen-bond acceptors (Lipinski definition) is 3. The second kappa shape index (κ2) is 5.37. The van der Waals surface area contributed by atoms with Crippen LogP contribution in [0, 0.1) is 0 Å². The fourth-order valence-electron chi connectivity index (χ4n) is 0.222. The van der Waals surface area contributed by atoms with Crippen LogP contribution in [0.2, 0.25) is 0 Å². The number of aromatic nitrogens is 1. The van der Waals surface area contributed by atoms with Gasteiger partial charge >= 0.3 is 8.25 Å². The van der Waals surface area contributed by atoms with Gasteiger partial charge in [-0.1, -0.05) is 11.5 Å². The Kier molecular flexibility index (Phi) is 5.15. The highest BCUT2D eigenvalue weighted by molar-refractivity contribution is 7.30. The summed E-state index contributed by atoms with van der Waals surface area (Å²) in [5.74, 6) is 0. The van der Waals surface area contributed by atoms with Crippen LogP contribution in [0.5, 0.6) is 0 Å². The summed E-state index contributed by atoms with van der Waals surface area (Å²) in [5.41, 5.74) is -0.0139. The lowest BCUT2D eigenvalue weighted by Gasteiger charge is -1.61. The molecule has 0 saturated carbocycles. The Labute approximate surface area is 61.1 Å². The summed E-state index contributed by atoms with van der Waals surface area (Å²) in [6.45, 7) is 0. The van der Waals surface area contributed by atoms with Crippen molar-refractivity contribution in [2.24, 2.45) is 0 Å². The van der Waals surface area contributed by atoms with Gasteiger partial charge in [0.05, 0.1) is 0 Å². The molecule has 0 unspecified atom stereocenters. The van der Waals surface area contributed by atoms with Crippen molar-refractivity contribution in [3.05, 3.63) is 21.8 Å². The molecule has 7 heteroatoms. The Balaban J connectivity index is 0.000000180. The van der Waals surface area contributed by atoms with Crippen molar-refractivity contribution in [1.29, 1.82) is 0 Å². The molecule has 0 aliphatic carbocycles. The van der Waals surface area contributed by atoms with Crippen LogP contribution >= 0.6 is 19.8 Å². The zero-order valence-corrected chi connectivity index (χ0v) is 6.59. The summed E-state index contributed by atoms with van der Waals surface area (Å²) in [7, 11) is -3.13. The molecule has 5 nitrogen and oxygen atoms in total. The molecule has 0 aromatic carbocycles. The predicted octanol–water partition coefficient (Wildman–Crippen LogP) is -0.203. The van der Waals surface area contributed by atoms with Crippen LogP contribution in [0.1, 0.15) is 0 Å². The third kappa shape index (κ3) is 7.58. The molecule has 1 aromatic rings. The molecule has 0 aliphatic heterocycles. The van der Waals surface area contributed by atoms with E-state index < -0.39 is 8.25 Å². The van der Waals surface area contributed by atoms with Crippen molar-refractivity contribution in [1.82, 2.24) is 4.37 Å². The highest BCUT2D eigenvalue weighted by Gasteiger charge is 1.72. The van der Waals surface area contributed by atoms with E-state index in [0.717, 1.165) is 0 Å². The molecule has 0 saturated heterocycles. The lowest BCUT2D eigenvalue weighted by atomic mass is 10.8. The van der Waals surface area contributed by atoms with Gasteiger partial charge in [0.25, 0.3) is 5.56 Å². The zero-order valence-electron chi connectivity index (χ0n) is 4.77. The molecule has 0 spiro atoms. The smallest absolute Gasteiger partial charge is 0.314 e. The molecule has 58 valence electrons. The monoisotopic (exact) mass is 183 g/mol. The minimum atomic E-state index is -3.13. The van der Waals surface area contributed by atoms with E-state index in [2.05, 4.69) is 4.37 Å². The van der Waals surface area contributed by atoms with E-state index in [4.69, 9.17) is 14.4 Å². The lowest BCUT2D eigenvalue weighted by Crippen LogP contribution is -1.90. The molecule has 3 N–H and O–H groups in total. The van der Waals surface area contributed by atoms with Crippen LogP contribution in [0.3, 0.4) is 0 Å². The topological polar surface area (TPSA) is 90.4 Å². The first-order valence-electron chi connectivity index (χ1n) is 2.17. The Bertz CT molecular complexity index is 222. The standard InChI is InChI=1S/C3H3NOS.H3O3P/c5-3-1-2-6-4-3;1-4(2)3/h1-2H,(H,4,5);4H,(H2,1,2,3). The molecule has 0 aliphatic rings. The summed E-state index contributed by atoms with van der Waals surface area (Å²) < 4.78 is 11.2. The lowest BCUT2D eigenvalue weighted by molar-refractivity contribution is 0.405. The molecular formula is C3H6NO4PS. The minimum absolute atomic E-state index is 0.0139. The van der Waals surface area contributed by atoms with Gasteiger partial charge in [0.1, 0.15) is 0 Å². The Morgan fingerprint density at radius 1 is 1.60 bits per heavy atom. The van der Waals surface area contributed by atoms with Gasteiger partial charge in [-0.2, -0.15) is 0 Å². The quantitative estimate of drug-likeness (QED) is 0.485. The van der Waals surface area contributed by atoms with Crippen molar-refractivity contribution in [2.75, 3.05) is 0 Å². The van der Waals surface area contributed by atoms with Gasteiger partial charge in [-0.3, -0.25) is 13.7 Å². The van der Waals surface area contributed by atoms with Crippen molar-refractivity contribution in [3.8, 4) is 0 Å². The van der Waals surface area contributed by atoms with Crippen LogP contribution < -0.4 is 5.56 Å². The molecular weight excluding hydrogens is 177 g/mol. The first-order chi connectivity index (χ1) is 4.63. The van der Waals surface area contributed by atoms with Crippen molar-refractivity contribution in [2.45, 2.75) is 0 Å². The first kappa shape index (κ1) is 9.58. The molecule has 0 amide bonds. The average Bonchev–Trinajstić information content (AvgIpc) is 2.15. The summed E-state index contributed by atoms with van der Waals surface area (Å²) in [5, 5.41) is 1.71. The molecule has 10 heavy (non-hydrogen) atoms. The Morgan fingerprint density at radius 3 is 2.20 bits per heavy atom. The maximum atomic E-state index is 10.0. The van der Waals surface area contributed by atoms with E-state index in [0.29, 0.717) is 0 Å². The normalized spacial score (nSPS) is 8.70. The zero-order chi connectivity index (χ0) is 7.98. The summed E-state index contributed by atoms with van der Waals surface area (Å²) >= 11 is 1.30. The highest BCUT2D eigenvalue weighted by Crippen LogP contribution is 1.98. The number of hydrogen-bond donors (Lipinski definition) is 3. The van der Waals surface area contributed by atoms with Crippen molar-refractivity contribution >= 4 is 19.8 Å². The second-order valence-electron chi connectivity index (χ2n) is 1.17. The van der Waals surface area contributed by atoms with E-state index in [9.17, 15) is 4.79 Å². The van der Waals surface area contributed by atoms with E-state index >= 15 is 0 Å². The summed E-state index contributed by atoms with van der Waals surface area (Å²) in [6.07, 6.45) is 0. The second-order valence-corrected chi connectivity index (χ2v) is 2.45. The van der Waals surface area contributed by atoms with Gasteiger partial charge in [-0.25, -0.2) is 0 Å². The summed E-state index contributed by atoms with van der Waals surface area (Å²) in [4.78, 5) is 24.3. The van der Waals surface area contributed by atoms with Gasteiger partial charge in [0, 0.05) is 11.4 Å². The molecule has 0 radical (unpaired) electrons. The minimum Gasteiger partial charge on any atom is -0.326 e. The third-order valence-corrected chi connectivity index (χ3v) is 1.04. The molecule has 0 fully saturated rings. The molecule has 0 atom stereocenters. The van der Waals surface area contributed by atoms with E-state index in [1.807, 2.05) is 0 Å². The number of rotatable bonds is 0. The first-order valence-corrected chi connectivity index (χ1v) is 4.35. The van der Waals surface area contributed by atoms with Crippen LogP contribution in [-0.4, -0.2) is 14.2 Å². The SMILES string of the molecule is O=[PH](O)O.O=c1ccs[nH]1. The fourth-order valence-corrected chi connectivity index (χ4v) is 0.666. The Hall–Kier alpha value is -0.420. The number of aromatic amines is 1. The highest BCUT2D eigenvalue weighted by atomic mass is 32.1. The van der Waals surface area contributed by atoms with Gasteiger partial charge in [0.2, 0.25) is 0 Å². The maximum absolute atomic E-state index is 10.0. The van der Waals surface area contributed by atoms with Crippen LogP contribution in [0.4, 0.5) is 0 Å². The molecule has 0 bridgehead atoms. The van der Waals surface area contributed by atoms with E-state index in [-0.39, 0.29) is 5.56 Å². The van der Waals surface area contributed by atoms with E-state index in [1.54, 1.807) is 5.38 Å². The Morgan fingerprint density at radius 2 is 2.10 bits per heavy atom. The van der Waals surface area contributed by atoms with Gasteiger partial charge in [-0.05, 0) is 0 Å². The van der Waals surface area contributed by atoms with Crippen molar-refractivity contribution < 1.29 is 14.4 Å². The molecule has 1 heterocycles. The number of nitrogens with one attached hydrogen (secondary N) is 1. The van der Waals surface area contributed by atoms with Crippen molar-refractivity contribution in [3.63, 3.8) is 0 Å².